The van der Waals surface area contributed by atoms with Crippen LogP contribution in [0.1, 0.15) is 30.9 Å². The van der Waals surface area contributed by atoms with E-state index in [2.05, 4.69) is 43.3 Å². The highest BCUT2D eigenvalue weighted by molar-refractivity contribution is 9.10. The molecule has 1 aliphatic rings. The van der Waals surface area contributed by atoms with Crippen LogP contribution in [0.4, 0.5) is 0 Å². The molecule has 8 heteroatoms. The van der Waals surface area contributed by atoms with Gasteiger partial charge in [0.05, 0.1) is 24.2 Å². The van der Waals surface area contributed by atoms with Gasteiger partial charge >= 0.3 is 11.9 Å². The molecular weight excluding hydrogens is 486 g/mol. The van der Waals surface area contributed by atoms with Crippen molar-refractivity contribution in [1.29, 1.82) is 0 Å². The van der Waals surface area contributed by atoms with Crippen LogP contribution in [0.5, 0.6) is 0 Å². The van der Waals surface area contributed by atoms with Crippen LogP contribution in [0.2, 0.25) is 0 Å². The molecular formula is C25H28BrN3O4. The Morgan fingerprint density at radius 2 is 1.73 bits per heavy atom. The number of methoxy groups -OCH3 is 1. The van der Waals surface area contributed by atoms with E-state index in [9.17, 15) is 9.59 Å². The van der Waals surface area contributed by atoms with Gasteiger partial charge in [0.15, 0.2) is 0 Å². The maximum atomic E-state index is 13.3. The van der Waals surface area contributed by atoms with E-state index in [1.165, 1.54) is 12.7 Å². The lowest BCUT2D eigenvalue weighted by Crippen LogP contribution is -2.33. The van der Waals surface area contributed by atoms with E-state index in [1.807, 2.05) is 31.3 Å². The van der Waals surface area contributed by atoms with E-state index < -0.39 is 17.9 Å². The third kappa shape index (κ3) is 5.89. The molecule has 2 heterocycles. The summed E-state index contributed by atoms with van der Waals surface area (Å²) in [5, 5.41) is 3.14. The average Bonchev–Trinajstić information content (AvgIpc) is 2.79. The monoisotopic (exact) mass is 513 g/mol. The lowest BCUT2D eigenvalue weighted by molar-refractivity contribution is -0.139. The lowest BCUT2D eigenvalue weighted by atomic mass is 9.81. The van der Waals surface area contributed by atoms with Crippen molar-refractivity contribution in [3.05, 3.63) is 86.9 Å². The van der Waals surface area contributed by atoms with E-state index in [1.54, 1.807) is 26.1 Å². The number of nitrogens with one attached hydrogen (secondary N) is 1. The molecule has 1 atom stereocenters. The number of esters is 2. The second kappa shape index (κ2) is 11.2. The van der Waals surface area contributed by atoms with Crippen molar-refractivity contribution in [1.82, 2.24) is 15.2 Å². The third-order valence-corrected chi connectivity index (χ3v) is 6.15. The van der Waals surface area contributed by atoms with Gasteiger partial charge in [-0.05, 0) is 54.0 Å². The van der Waals surface area contributed by atoms with Gasteiger partial charge in [-0.2, -0.15) is 0 Å². The van der Waals surface area contributed by atoms with Crippen molar-refractivity contribution >= 4 is 27.9 Å². The van der Waals surface area contributed by atoms with Gasteiger partial charge in [-0.3, -0.25) is 4.90 Å². The Morgan fingerprint density at radius 1 is 1.06 bits per heavy atom. The molecule has 0 saturated heterocycles. The van der Waals surface area contributed by atoms with Crippen LogP contribution in [0.25, 0.3) is 0 Å². The first-order valence-corrected chi connectivity index (χ1v) is 11.4. The number of hydrogen-bond donors (Lipinski definition) is 1. The third-order valence-electron chi connectivity index (χ3n) is 5.49. The molecule has 1 N–H and O–H groups in total. The number of rotatable bonds is 8. The van der Waals surface area contributed by atoms with Crippen molar-refractivity contribution in [3.8, 4) is 0 Å². The van der Waals surface area contributed by atoms with E-state index in [4.69, 9.17) is 9.47 Å². The zero-order valence-electron chi connectivity index (χ0n) is 19.2. The molecule has 1 unspecified atom stereocenters. The molecule has 0 amide bonds. The molecule has 7 nitrogen and oxygen atoms in total. The molecule has 3 rings (SSSR count). The Balaban J connectivity index is 1.80. The minimum absolute atomic E-state index is 0.218. The molecule has 0 fully saturated rings. The normalized spacial score (nSPS) is 16.0. The van der Waals surface area contributed by atoms with Gasteiger partial charge in [-0.1, -0.05) is 36.4 Å². The van der Waals surface area contributed by atoms with Crippen LogP contribution in [-0.2, 0) is 25.6 Å². The first-order valence-electron chi connectivity index (χ1n) is 10.6. The first-order chi connectivity index (χ1) is 15.8. The summed E-state index contributed by atoms with van der Waals surface area (Å²) >= 11 is 3.46. The SMILES string of the molecule is COC(=O)C1=C(C)NC(C)=C(C(=O)OCCN(C)Cc2ccccc2)C1c1cccnc1Br. The molecule has 0 spiro atoms. The molecule has 1 aromatic heterocycles. The number of allylic oxidation sites excluding steroid dienone is 2. The molecule has 0 aliphatic carbocycles. The fourth-order valence-corrected chi connectivity index (χ4v) is 4.40. The molecule has 2 aromatic rings. The average molecular weight is 514 g/mol. The van der Waals surface area contributed by atoms with Crippen LogP contribution in [0.15, 0.2) is 75.8 Å². The number of ether oxygens (including phenoxy) is 2. The van der Waals surface area contributed by atoms with Gasteiger partial charge < -0.3 is 14.8 Å². The fraction of sp³-hybridized carbons (Fsp3) is 0.320. The highest BCUT2D eigenvalue weighted by Crippen LogP contribution is 2.41. The second-order valence-electron chi connectivity index (χ2n) is 7.87. The van der Waals surface area contributed by atoms with Gasteiger partial charge in [-0.25, -0.2) is 14.6 Å². The largest absolute Gasteiger partial charge is 0.466 e. The van der Waals surface area contributed by atoms with E-state index in [0.29, 0.717) is 39.3 Å². The van der Waals surface area contributed by atoms with Crippen LogP contribution < -0.4 is 5.32 Å². The van der Waals surface area contributed by atoms with E-state index in [-0.39, 0.29) is 6.61 Å². The maximum Gasteiger partial charge on any atom is 0.336 e. The van der Waals surface area contributed by atoms with Crippen LogP contribution in [-0.4, -0.2) is 49.1 Å². The number of pyridine rings is 1. The summed E-state index contributed by atoms with van der Waals surface area (Å²) in [6.45, 7) is 5.12. The number of likely N-dealkylation sites (N-methyl/N-ethyl adjacent to an activating group) is 1. The summed E-state index contributed by atoms with van der Waals surface area (Å²) in [7, 11) is 3.30. The van der Waals surface area contributed by atoms with Crippen LogP contribution >= 0.6 is 15.9 Å². The molecule has 0 saturated carbocycles. The quantitative estimate of drug-likeness (QED) is 0.423. The van der Waals surface area contributed by atoms with Gasteiger partial charge in [0.1, 0.15) is 11.2 Å². The van der Waals surface area contributed by atoms with Crippen molar-refractivity contribution < 1.29 is 19.1 Å². The van der Waals surface area contributed by atoms with Gasteiger partial charge in [0.2, 0.25) is 0 Å². The van der Waals surface area contributed by atoms with E-state index >= 15 is 0 Å². The van der Waals surface area contributed by atoms with Gasteiger partial charge in [-0.15, -0.1) is 0 Å². The summed E-state index contributed by atoms with van der Waals surface area (Å²) in [6.07, 6.45) is 1.64. The van der Waals surface area contributed by atoms with Crippen molar-refractivity contribution in [3.63, 3.8) is 0 Å². The number of benzene rings is 1. The summed E-state index contributed by atoms with van der Waals surface area (Å²) in [5.74, 6) is -1.67. The molecule has 1 aliphatic heterocycles. The Hall–Kier alpha value is -2.97. The number of aromatic nitrogens is 1. The Bertz CT molecular complexity index is 1080. The fourth-order valence-electron chi connectivity index (χ4n) is 3.92. The van der Waals surface area contributed by atoms with Crippen molar-refractivity contribution in [2.75, 3.05) is 27.3 Å². The minimum atomic E-state index is -0.670. The minimum Gasteiger partial charge on any atom is -0.466 e. The Morgan fingerprint density at radius 3 is 2.36 bits per heavy atom. The number of nitrogens with zero attached hydrogens (tertiary/aromatic N) is 2. The molecule has 0 bridgehead atoms. The van der Waals surface area contributed by atoms with Crippen molar-refractivity contribution in [2.24, 2.45) is 0 Å². The van der Waals surface area contributed by atoms with Crippen LogP contribution in [0, 0.1) is 0 Å². The highest BCUT2D eigenvalue weighted by Gasteiger charge is 2.38. The maximum absolute atomic E-state index is 13.3. The number of halogens is 1. The molecule has 1 aromatic carbocycles. The smallest absolute Gasteiger partial charge is 0.336 e. The topological polar surface area (TPSA) is 80.8 Å². The predicted octanol–water partition coefficient (Wildman–Crippen LogP) is 3.93. The predicted molar refractivity (Wildman–Crippen MR) is 129 cm³/mol. The number of carbonyl (C=O) groups excluding carboxylic acids is 2. The highest BCUT2D eigenvalue weighted by atomic mass is 79.9. The summed E-state index contributed by atoms with van der Waals surface area (Å²) in [4.78, 5) is 32.3. The summed E-state index contributed by atoms with van der Waals surface area (Å²) in [6, 6.07) is 13.7. The number of dihydropyridines is 1. The first kappa shape index (κ1) is 24.7. The molecule has 33 heavy (non-hydrogen) atoms. The molecule has 0 radical (unpaired) electrons. The number of carbonyl (C=O) groups is 2. The molecule has 174 valence electrons. The lowest BCUT2D eigenvalue weighted by Gasteiger charge is -2.30. The Labute approximate surface area is 202 Å². The van der Waals surface area contributed by atoms with Crippen molar-refractivity contribution in [2.45, 2.75) is 26.3 Å². The second-order valence-corrected chi connectivity index (χ2v) is 8.62. The van der Waals surface area contributed by atoms with Gasteiger partial charge in [0.25, 0.3) is 0 Å². The Kier molecular flexibility index (Phi) is 8.41. The summed E-state index contributed by atoms with van der Waals surface area (Å²) in [5.41, 5.74) is 3.84. The zero-order valence-corrected chi connectivity index (χ0v) is 20.8. The zero-order chi connectivity index (χ0) is 24.0. The summed E-state index contributed by atoms with van der Waals surface area (Å²) < 4.78 is 11.2. The number of hydrogen-bond acceptors (Lipinski definition) is 7. The standard InChI is InChI=1S/C25H28BrN3O4/c1-16-20(24(30)32-4)22(19-11-8-12-27-23(19)26)21(17(2)28-16)25(31)33-14-13-29(3)15-18-9-6-5-7-10-18/h5-12,22,28H,13-15H2,1-4H3. The van der Waals surface area contributed by atoms with Gasteiger partial charge in [0, 0.05) is 30.7 Å². The van der Waals surface area contributed by atoms with E-state index in [0.717, 1.165) is 6.54 Å². The van der Waals surface area contributed by atoms with Crippen LogP contribution in [0.3, 0.4) is 0 Å².